The summed E-state index contributed by atoms with van der Waals surface area (Å²) in [5.74, 6) is 1.92. The highest BCUT2D eigenvalue weighted by atomic mass is 32.2. The van der Waals surface area contributed by atoms with Gasteiger partial charge in [-0.1, -0.05) is 18.2 Å². The van der Waals surface area contributed by atoms with Crippen molar-refractivity contribution in [2.24, 2.45) is 4.99 Å². The SMILES string of the molecule is CN=C(NCCCCSC)NCCNC(=O)c1ccccc1. The molecule has 0 saturated carbocycles. The minimum Gasteiger partial charge on any atom is -0.356 e. The van der Waals surface area contributed by atoms with Gasteiger partial charge in [-0.2, -0.15) is 11.8 Å². The molecule has 1 amide bonds. The third-order valence-electron chi connectivity index (χ3n) is 3.03. The number of aliphatic imine (C=N–C) groups is 1. The second-order valence-corrected chi connectivity index (χ2v) is 5.73. The van der Waals surface area contributed by atoms with E-state index in [9.17, 15) is 4.79 Å². The number of nitrogens with zero attached hydrogens (tertiary/aromatic N) is 1. The van der Waals surface area contributed by atoms with E-state index < -0.39 is 0 Å². The van der Waals surface area contributed by atoms with Gasteiger partial charge in [0.05, 0.1) is 0 Å². The molecule has 0 aliphatic carbocycles. The maximum absolute atomic E-state index is 11.8. The van der Waals surface area contributed by atoms with Crippen LogP contribution < -0.4 is 16.0 Å². The summed E-state index contributed by atoms with van der Waals surface area (Å²) in [4.78, 5) is 16.0. The van der Waals surface area contributed by atoms with Gasteiger partial charge >= 0.3 is 0 Å². The minimum atomic E-state index is -0.0533. The molecule has 0 aliphatic rings. The number of carbonyl (C=O) groups excluding carboxylic acids is 1. The summed E-state index contributed by atoms with van der Waals surface area (Å²) in [7, 11) is 1.75. The fourth-order valence-electron chi connectivity index (χ4n) is 1.85. The number of hydrogen-bond acceptors (Lipinski definition) is 3. The van der Waals surface area contributed by atoms with Gasteiger partial charge in [0.15, 0.2) is 5.96 Å². The molecule has 0 radical (unpaired) electrons. The van der Waals surface area contributed by atoms with E-state index in [2.05, 4.69) is 27.2 Å². The lowest BCUT2D eigenvalue weighted by Crippen LogP contribution is -2.41. The van der Waals surface area contributed by atoms with E-state index in [1.807, 2.05) is 30.0 Å². The number of guanidine groups is 1. The van der Waals surface area contributed by atoms with Crippen LogP contribution in [0.25, 0.3) is 0 Å². The van der Waals surface area contributed by atoms with Crippen molar-refractivity contribution in [3.63, 3.8) is 0 Å². The molecule has 122 valence electrons. The van der Waals surface area contributed by atoms with Crippen LogP contribution in [0.5, 0.6) is 0 Å². The number of amides is 1. The maximum Gasteiger partial charge on any atom is 0.251 e. The van der Waals surface area contributed by atoms with Crippen molar-refractivity contribution in [3.05, 3.63) is 35.9 Å². The Morgan fingerprint density at radius 1 is 1.05 bits per heavy atom. The third kappa shape index (κ3) is 7.93. The molecule has 0 fully saturated rings. The van der Waals surface area contributed by atoms with Crippen molar-refractivity contribution in [2.75, 3.05) is 38.7 Å². The van der Waals surface area contributed by atoms with Crippen LogP contribution in [0.1, 0.15) is 23.2 Å². The van der Waals surface area contributed by atoms with E-state index in [4.69, 9.17) is 0 Å². The number of carbonyl (C=O) groups is 1. The average molecular weight is 322 g/mol. The molecular weight excluding hydrogens is 296 g/mol. The first-order chi connectivity index (χ1) is 10.8. The van der Waals surface area contributed by atoms with Crippen LogP contribution in [0.3, 0.4) is 0 Å². The molecular formula is C16H26N4OS. The molecule has 0 spiro atoms. The maximum atomic E-state index is 11.8. The van der Waals surface area contributed by atoms with E-state index in [1.54, 1.807) is 19.2 Å². The monoisotopic (exact) mass is 322 g/mol. The van der Waals surface area contributed by atoms with Gasteiger partial charge in [-0.05, 0) is 37.0 Å². The summed E-state index contributed by atoms with van der Waals surface area (Å²) in [6.45, 7) is 2.11. The fourth-order valence-corrected chi connectivity index (χ4v) is 2.34. The predicted molar refractivity (Wildman–Crippen MR) is 95.8 cm³/mol. The Labute approximate surface area is 137 Å². The van der Waals surface area contributed by atoms with Gasteiger partial charge in [0.1, 0.15) is 0 Å². The van der Waals surface area contributed by atoms with Gasteiger partial charge in [0.2, 0.25) is 0 Å². The lowest BCUT2D eigenvalue weighted by molar-refractivity contribution is 0.0954. The van der Waals surface area contributed by atoms with Crippen LogP contribution in [0.4, 0.5) is 0 Å². The Morgan fingerprint density at radius 3 is 2.41 bits per heavy atom. The van der Waals surface area contributed by atoms with Crippen molar-refractivity contribution >= 4 is 23.6 Å². The van der Waals surface area contributed by atoms with Crippen molar-refractivity contribution in [2.45, 2.75) is 12.8 Å². The molecule has 0 saturated heterocycles. The molecule has 3 N–H and O–H groups in total. The zero-order valence-electron chi connectivity index (χ0n) is 13.4. The summed E-state index contributed by atoms with van der Waals surface area (Å²) in [5, 5.41) is 9.33. The summed E-state index contributed by atoms with van der Waals surface area (Å²) in [6.07, 6.45) is 4.46. The molecule has 0 bridgehead atoms. The van der Waals surface area contributed by atoms with Gasteiger partial charge < -0.3 is 16.0 Å². The van der Waals surface area contributed by atoms with Crippen LogP contribution in [-0.2, 0) is 0 Å². The highest BCUT2D eigenvalue weighted by molar-refractivity contribution is 7.98. The summed E-state index contributed by atoms with van der Waals surface area (Å²) < 4.78 is 0. The summed E-state index contributed by atoms with van der Waals surface area (Å²) >= 11 is 1.87. The number of nitrogens with one attached hydrogen (secondary N) is 3. The summed E-state index contributed by atoms with van der Waals surface area (Å²) in [5.41, 5.74) is 0.679. The Kier molecular flexibility index (Phi) is 9.94. The molecule has 0 atom stereocenters. The number of unbranched alkanes of at least 4 members (excludes halogenated alkanes) is 1. The molecule has 22 heavy (non-hydrogen) atoms. The first-order valence-electron chi connectivity index (χ1n) is 7.54. The number of rotatable bonds is 9. The second-order valence-electron chi connectivity index (χ2n) is 4.75. The van der Waals surface area contributed by atoms with Crippen LogP contribution in [0.2, 0.25) is 0 Å². The van der Waals surface area contributed by atoms with E-state index in [0.717, 1.165) is 18.9 Å². The van der Waals surface area contributed by atoms with Gasteiger partial charge in [-0.15, -0.1) is 0 Å². The van der Waals surface area contributed by atoms with Gasteiger partial charge in [-0.3, -0.25) is 9.79 Å². The van der Waals surface area contributed by atoms with Crippen molar-refractivity contribution in [1.82, 2.24) is 16.0 Å². The lowest BCUT2D eigenvalue weighted by atomic mass is 10.2. The van der Waals surface area contributed by atoms with E-state index in [0.29, 0.717) is 18.7 Å². The van der Waals surface area contributed by atoms with Crippen molar-refractivity contribution < 1.29 is 4.79 Å². The number of hydrogen-bond donors (Lipinski definition) is 3. The Bertz CT molecular complexity index is 451. The zero-order chi connectivity index (χ0) is 16.0. The first-order valence-corrected chi connectivity index (χ1v) is 8.94. The molecule has 1 rings (SSSR count). The topological polar surface area (TPSA) is 65.5 Å². The largest absolute Gasteiger partial charge is 0.356 e. The molecule has 6 heteroatoms. The van der Waals surface area contributed by atoms with Crippen LogP contribution in [-0.4, -0.2) is 50.6 Å². The van der Waals surface area contributed by atoms with Crippen molar-refractivity contribution in [3.8, 4) is 0 Å². The standard InChI is InChI=1S/C16H26N4OS/c1-17-16(19-10-6-7-13-22-2)20-12-11-18-15(21)14-8-4-3-5-9-14/h3-5,8-9H,6-7,10-13H2,1-2H3,(H,18,21)(H2,17,19,20). The minimum absolute atomic E-state index is 0.0533. The second kappa shape index (κ2) is 11.9. The van der Waals surface area contributed by atoms with Crippen LogP contribution >= 0.6 is 11.8 Å². The van der Waals surface area contributed by atoms with Crippen molar-refractivity contribution in [1.29, 1.82) is 0 Å². The van der Waals surface area contributed by atoms with Crippen LogP contribution in [0.15, 0.2) is 35.3 Å². The number of thioether (sulfide) groups is 1. The van der Waals surface area contributed by atoms with E-state index in [1.165, 1.54) is 12.2 Å². The summed E-state index contributed by atoms with van der Waals surface area (Å²) in [6, 6.07) is 9.22. The normalized spacial score (nSPS) is 11.1. The van der Waals surface area contributed by atoms with E-state index >= 15 is 0 Å². The highest BCUT2D eigenvalue weighted by Crippen LogP contribution is 1.98. The third-order valence-corrected chi connectivity index (χ3v) is 3.73. The average Bonchev–Trinajstić information content (AvgIpc) is 2.57. The molecule has 0 unspecified atom stereocenters. The lowest BCUT2D eigenvalue weighted by Gasteiger charge is -2.12. The first kappa shape index (κ1) is 18.4. The molecule has 0 aliphatic heterocycles. The molecule has 1 aromatic rings. The van der Waals surface area contributed by atoms with Crippen LogP contribution in [0, 0.1) is 0 Å². The quantitative estimate of drug-likeness (QED) is 0.368. The van der Waals surface area contributed by atoms with Gasteiger partial charge in [-0.25, -0.2) is 0 Å². The molecule has 0 aromatic heterocycles. The van der Waals surface area contributed by atoms with E-state index in [-0.39, 0.29) is 5.91 Å². The Balaban J connectivity index is 2.13. The van der Waals surface area contributed by atoms with Gasteiger partial charge in [0, 0.05) is 32.2 Å². The Morgan fingerprint density at radius 2 is 1.73 bits per heavy atom. The van der Waals surface area contributed by atoms with Gasteiger partial charge in [0.25, 0.3) is 5.91 Å². The predicted octanol–water partition coefficient (Wildman–Crippen LogP) is 1.72. The molecule has 5 nitrogen and oxygen atoms in total. The molecule has 1 aromatic carbocycles. The smallest absolute Gasteiger partial charge is 0.251 e. The highest BCUT2D eigenvalue weighted by Gasteiger charge is 2.03. The Hall–Kier alpha value is -1.69. The molecule has 0 heterocycles. The fraction of sp³-hybridized carbons (Fsp3) is 0.500. The number of benzene rings is 1. The zero-order valence-corrected chi connectivity index (χ0v) is 14.2.